The van der Waals surface area contributed by atoms with E-state index in [1.54, 1.807) is 0 Å². The van der Waals surface area contributed by atoms with Crippen LogP contribution in [0.15, 0.2) is 24.3 Å². The molecule has 23 heavy (non-hydrogen) atoms. The largest absolute Gasteiger partial charge is 0.481 e. The highest BCUT2D eigenvalue weighted by atomic mass is 16.4. The van der Waals surface area contributed by atoms with E-state index in [0.29, 0.717) is 6.42 Å². The van der Waals surface area contributed by atoms with Crippen molar-refractivity contribution in [1.29, 1.82) is 0 Å². The third kappa shape index (κ3) is 18.9. The van der Waals surface area contributed by atoms with Crippen molar-refractivity contribution in [3.05, 3.63) is 24.3 Å². The third-order valence-electron chi connectivity index (χ3n) is 3.95. The van der Waals surface area contributed by atoms with Gasteiger partial charge in [0, 0.05) is 6.42 Å². The second-order valence-corrected chi connectivity index (χ2v) is 6.28. The molecule has 0 heterocycles. The van der Waals surface area contributed by atoms with E-state index >= 15 is 0 Å². The van der Waals surface area contributed by atoms with E-state index in [0.717, 1.165) is 38.5 Å². The normalized spacial score (nSPS) is 13.1. The van der Waals surface area contributed by atoms with Crippen LogP contribution in [0.4, 0.5) is 0 Å². The molecule has 2 N–H and O–H groups in total. The Morgan fingerprint density at radius 2 is 1.57 bits per heavy atom. The standard InChI is InChI=1S/C20H36O3/c1-2-3-13-16-19(21)17-14-11-9-7-5-4-6-8-10-12-15-18-20(22)23/h9,11,14,17,19,21H,2-8,10,12-13,15-16,18H2,1H3,(H,22,23)/b11-9+,17-14-/t19-/m0/s1. The zero-order chi connectivity index (χ0) is 17.2. The number of carbonyl (C=O) groups is 1. The molecule has 0 unspecified atom stereocenters. The molecule has 0 aromatic carbocycles. The molecule has 0 rings (SSSR count). The number of hydrogen-bond donors (Lipinski definition) is 2. The average molecular weight is 325 g/mol. The minimum Gasteiger partial charge on any atom is -0.481 e. The van der Waals surface area contributed by atoms with Crippen molar-refractivity contribution in [3.63, 3.8) is 0 Å². The monoisotopic (exact) mass is 324 g/mol. The summed E-state index contributed by atoms with van der Waals surface area (Å²) in [4.78, 5) is 10.4. The number of unbranched alkanes of at least 4 members (excludes halogenated alkanes) is 9. The minimum atomic E-state index is -0.681. The van der Waals surface area contributed by atoms with Gasteiger partial charge >= 0.3 is 5.97 Å². The maximum atomic E-state index is 10.4. The Labute approximate surface area is 142 Å². The van der Waals surface area contributed by atoms with Crippen molar-refractivity contribution in [2.24, 2.45) is 0 Å². The molecule has 0 aromatic heterocycles. The summed E-state index contributed by atoms with van der Waals surface area (Å²) in [6.07, 6.45) is 21.4. The first kappa shape index (κ1) is 21.9. The lowest BCUT2D eigenvalue weighted by Gasteiger charge is -2.03. The van der Waals surface area contributed by atoms with Crippen LogP contribution in [0, 0.1) is 0 Å². The topological polar surface area (TPSA) is 57.5 Å². The van der Waals surface area contributed by atoms with Gasteiger partial charge in [0.25, 0.3) is 0 Å². The van der Waals surface area contributed by atoms with Crippen molar-refractivity contribution in [2.75, 3.05) is 0 Å². The molecule has 0 radical (unpaired) electrons. The van der Waals surface area contributed by atoms with Crippen molar-refractivity contribution < 1.29 is 15.0 Å². The van der Waals surface area contributed by atoms with Crippen LogP contribution in [0.3, 0.4) is 0 Å². The first-order valence-electron chi connectivity index (χ1n) is 9.40. The molecule has 0 saturated heterocycles. The van der Waals surface area contributed by atoms with Crippen LogP contribution in [0.2, 0.25) is 0 Å². The van der Waals surface area contributed by atoms with Crippen LogP contribution in [-0.4, -0.2) is 22.3 Å². The van der Waals surface area contributed by atoms with Crippen molar-refractivity contribution in [3.8, 4) is 0 Å². The number of aliphatic hydroxyl groups excluding tert-OH is 1. The van der Waals surface area contributed by atoms with Crippen LogP contribution in [-0.2, 0) is 4.79 Å². The van der Waals surface area contributed by atoms with Gasteiger partial charge in [-0.1, -0.05) is 82.6 Å². The summed E-state index contributed by atoms with van der Waals surface area (Å²) in [5, 5.41) is 18.2. The van der Waals surface area contributed by atoms with Crippen molar-refractivity contribution >= 4 is 5.97 Å². The second-order valence-electron chi connectivity index (χ2n) is 6.28. The Morgan fingerprint density at radius 1 is 0.913 bits per heavy atom. The van der Waals surface area contributed by atoms with E-state index in [1.807, 2.05) is 18.2 Å². The quantitative estimate of drug-likeness (QED) is 0.285. The predicted molar refractivity (Wildman–Crippen MR) is 97.6 cm³/mol. The summed E-state index contributed by atoms with van der Waals surface area (Å²) >= 11 is 0. The Kier molecular flexibility index (Phi) is 16.4. The van der Waals surface area contributed by atoms with Crippen LogP contribution in [0.1, 0.15) is 90.4 Å². The number of allylic oxidation sites excluding steroid dienone is 3. The summed E-state index contributed by atoms with van der Waals surface area (Å²) in [7, 11) is 0. The Hall–Kier alpha value is -1.09. The number of carboxylic acids is 1. The molecule has 0 aliphatic rings. The predicted octanol–water partition coefficient (Wildman–Crippen LogP) is 5.64. The maximum Gasteiger partial charge on any atom is 0.303 e. The van der Waals surface area contributed by atoms with Gasteiger partial charge in [-0.05, 0) is 25.7 Å². The van der Waals surface area contributed by atoms with E-state index in [1.165, 1.54) is 38.5 Å². The fraction of sp³-hybridized carbons (Fsp3) is 0.750. The number of rotatable bonds is 16. The van der Waals surface area contributed by atoms with Crippen molar-refractivity contribution in [2.45, 2.75) is 96.5 Å². The van der Waals surface area contributed by atoms with E-state index in [9.17, 15) is 9.90 Å². The van der Waals surface area contributed by atoms with Gasteiger partial charge in [-0.25, -0.2) is 0 Å². The first-order chi connectivity index (χ1) is 11.2. The highest BCUT2D eigenvalue weighted by Crippen LogP contribution is 2.10. The maximum absolute atomic E-state index is 10.4. The molecule has 0 aliphatic carbocycles. The molecule has 3 nitrogen and oxygen atoms in total. The molecule has 0 spiro atoms. The van der Waals surface area contributed by atoms with Gasteiger partial charge in [-0.3, -0.25) is 4.79 Å². The van der Waals surface area contributed by atoms with Gasteiger partial charge in [-0.15, -0.1) is 0 Å². The molecule has 1 atom stereocenters. The van der Waals surface area contributed by atoms with Crippen LogP contribution in [0.5, 0.6) is 0 Å². The molecule has 134 valence electrons. The summed E-state index contributed by atoms with van der Waals surface area (Å²) < 4.78 is 0. The lowest BCUT2D eigenvalue weighted by molar-refractivity contribution is -0.137. The Morgan fingerprint density at radius 3 is 2.22 bits per heavy atom. The van der Waals surface area contributed by atoms with E-state index < -0.39 is 5.97 Å². The number of carboxylic acid groups (broad SMARTS) is 1. The molecule has 0 saturated carbocycles. The SMILES string of the molecule is CCCCC[C@H](O)/C=C\C=C\CCCCCCCCCC(=O)O. The Bertz CT molecular complexity index is 321. The number of aliphatic carboxylic acids is 1. The smallest absolute Gasteiger partial charge is 0.303 e. The molecule has 3 heteroatoms. The summed E-state index contributed by atoms with van der Waals surface area (Å²) in [5.74, 6) is -0.681. The van der Waals surface area contributed by atoms with Crippen LogP contribution >= 0.6 is 0 Å². The van der Waals surface area contributed by atoms with Crippen LogP contribution < -0.4 is 0 Å². The molecular formula is C20H36O3. The fourth-order valence-electron chi connectivity index (χ4n) is 2.49. The zero-order valence-corrected chi connectivity index (χ0v) is 14.9. The lowest BCUT2D eigenvalue weighted by atomic mass is 10.1. The van der Waals surface area contributed by atoms with Gasteiger partial charge in [0.2, 0.25) is 0 Å². The zero-order valence-electron chi connectivity index (χ0n) is 14.9. The molecule has 0 amide bonds. The van der Waals surface area contributed by atoms with Crippen LogP contribution in [0.25, 0.3) is 0 Å². The lowest BCUT2D eigenvalue weighted by Crippen LogP contribution is -2.00. The molecular weight excluding hydrogens is 288 g/mol. The molecule has 0 aromatic rings. The number of aliphatic hydroxyl groups is 1. The van der Waals surface area contributed by atoms with E-state index in [-0.39, 0.29) is 6.10 Å². The molecule has 0 bridgehead atoms. The van der Waals surface area contributed by atoms with Gasteiger partial charge in [0.1, 0.15) is 0 Å². The molecule has 0 fully saturated rings. The average Bonchev–Trinajstić information content (AvgIpc) is 2.51. The van der Waals surface area contributed by atoms with Crippen molar-refractivity contribution in [1.82, 2.24) is 0 Å². The summed E-state index contributed by atoms with van der Waals surface area (Å²) in [6.45, 7) is 2.17. The number of hydrogen-bond acceptors (Lipinski definition) is 2. The summed E-state index contributed by atoms with van der Waals surface area (Å²) in [5.41, 5.74) is 0. The van der Waals surface area contributed by atoms with E-state index in [2.05, 4.69) is 13.0 Å². The summed E-state index contributed by atoms with van der Waals surface area (Å²) in [6, 6.07) is 0. The van der Waals surface area contributed by atoms with Gasteiger partial charge in [0.05, 0.1) is 6.10 Å². The van der Waals surface area contributed by atoms with Gasteiger partial charge in [-0.2, -0.15) is 0 Å². The van der Waals surface area contributed by atoms with Gasteiger partial charge < -0.3 is 10.2 Å². The second kappa shape index (κ2) is 17.3. The fourth-order valence-corrected chi connectivity index (χ4v) is 2.49. The van der Waals surface area contributed by atoms with Gasteiger partial charge in [0.15, 0.2) is 0 Å². The Balaban J connectivity index is 3.32. The molecule has 0 aliphatic heterocycles. The highest BCUT2D eigenvalue weighted by Gasteiger charge is 1.97. The highest BCUT2D eigenvalue weighted by molar-refractivity contribution is 5.66. The third-order valence-corrected chi connectivity index (χ3v) is 3.95. The first-order valence-corrected chi connectivity index (χ1v) is 9.40. The minimum absolute atomic E-state index is 0.299. The van der Waals surface area contributed by atoms with E-state index in [4.69, 9.17) is 5.11 Å².